The molecule has 6 heteroatoms. The van der Waals surface area contributed by atoms with E-state index in [2.05, 4.69) is 63.3 Å². The van der Waals surface area contributed by atoms with Crippen molar-refractivity contribution >= 4 is 22.5 Å². The number of fused-ring (bicyclic) bond motifs is 1. The van der Waals surface area contributed by atoms with Crippen LogP contribution in [0.25, 0.3) is 16.5 Å². The fraction of sp³-hybridized carbons (Fsp3) is 0.150. The normalized spacial score (nSPS) is 11.1. The minimum absolute atomic E-state index is 0.808. The van der Waals surface area contributed by atoms with Crippen molar-refractivity contribution in [2.45, 2.75) is 11.7 Å². The second-order valence-corrected chi connectivity index (χ2v) is 6.93. The molecule has 0 amide bonds. The molecule has 0 fully saturated rings. The summed E-state index contributed by atoms with van der Waals surface area (Å²) in [5.41, 5.74) is 2.30. The monoisotopic (exact) mass is 361 g/mol. The van der Waals surface area contributed by atoms with Crippen LogP contribution in [-0.4, -0.2) is 32.5 Å². The van der Waals surface area contributed by atoms with Crippen molar-refractivity contribution in [3.05, 3.63) is 78.4 Å². The molecule has 0 bridgehead atoms. The predicted molar refractivity (Wildman–Crippen MR) is 106 cm³/mol. The van der Waals surface area contributed by atoms with E-state index in [0.29, 0.717) is 0 Å². The Kier molecular flexibility index (Phi) is 5.23. The zero-order valence-electron chi connectivity index (χ0n) is 14.2. The number of nitrogens with zero attached hydrogens (tertiary/aromatic N) is 4. The van der Waals surface area contributed by atoms with Gasteiger partial charge in [-0.25, -0.2) is 0 Å². The summed E-state index contributed by atoms with van der Waals surface area (Å²) in [6.45, 7) is 1.74. The standard InChI is InChI=1S/C20H19N5S/c1-2-10-18(11-3-1)25-20(22-23-24-25)26-14-13-21-15-17-9-6-8-16-7-4-5-12-19(16)17/h1-12,21H,13-15H2. The Morgan fingerprint density at radius 1 is 0.885 bits per heavy atom. The van der Waals surface area contributed by atoms with Crippen molar-refractivity contribution in [1.82, 2.24) is 25.5 Å². The lowest BCUT2D eigenvalue weighted by Gasteiger charge is -2.08. The van der Waals surface area contributed by atoms with Crippen molar-refractivity contribution in [3.8, 4) is 5.69 Å². The summed E-state index contributed by atoms with van der Waals surface area (Å²) in [7, 11) is 0. The Morgan fingerprint density at radius 2 is 1.69 bits per heavy atom. The lowest BCUT2D eigenvalue weighted by Crippen LogP contribution is -2.17. The minimum Gasteiger partial charge on any atom is -0.312 e. The maximum absolute atomic E-state index is 4.13. The first-order chi connectivity index (χ1) is 12.9. The summed E-state index contributed by atoms with van der Waals surface area (Å²) < 4.78 is 1.77. The van der Waals surface area contributed by atoms with Gasteiger partial charge in [0.25, 0.3) is 0 Å². The molecule has 1 aromatic heterocycles. The van der Waals surface area contributed by atoms with Crippen molar-refractivity contribution in [1.29, 1.82) is 0 Å². The van der Waals surface area contributed by atoms with E-state index in [1.165, 1.54) is 16.3 Å². The number of hydrogen-bond acceptors (Lipinski definition) is 5. The average Bonchev–Trinajstić information content (AvgIpc) is 3.17. The molecule has 5 nitrogen and oxygen atoms in total. The third-order valence-electron chi connectivity index (χ3n) is 4.15. The highest BCUT2D eigenvalue weighted by molar-refractivity contribution is 7.99. The molecule has 1 N–H and O–H groups in total. The fourth-order valence-corrected chi connectivity index (χ4v) is 3.67. The molecule has 0 saturated heterocycles. The maximum atomic E-state index is 4.13. The van der Waals surface area contributed by atoms with E-state index < -0.39 is 0 Å². The third-order valence-corrected chi connectivity index (χ3v) is 5.07. The Morgan fingerprint density at radius 3 is 2.62 bits per heavy atom. The summed E-state index contributed by atoms with van der Waals surface area (Å²) in [4.78, 5) is 0. The van der Waals surface area contributed by atoms with Crippen LogP contribution in [0.2, 0.25) is 0 Å². The molecule has 4 rings (SSSR count). The van der Waals surface area contributed by atoms with Gasteiger partial charge in [0.15, 0.2) is 0 Å². The zero-order valence-corrected chi connectivity index (χ0v) is 15.1. The van der Waals surface area contributed by atoms with Crippen LogP contribution in [-0.2, 0) is 6.54 Å². The van der Waals surface area contributed by atoms with Crippen LogP contribution in [0.5, 0.6) is 0 Å². The van der Waals surface area contributed by atoms with Gasteiger partial charge in [-0.3, -0.25) is 0 Å². The van der Waals surface area contributed by atoms with E-state index in [1.54, 1.807) is 16.4 Å². The van der Waals surface area contributed by atoms with Gasteiger partial charge in [0, 0.05) is 18.8 Å². The number of hydrogen-bond donors (Lipinski definition) is 1. The topological polar surface area (TPSA) is 55.6 Å². The average molecular weight is 361 g/mol. The van der Waals surface area contributed by atoms with Crippen LogP contribution in [0, 0.1) is 0 Å². The van der Waals surface area contributed by atoms with E-state index in [9.17, 15) is 0 Å². The van der Waals surface area contributed by atoms with Gasteiger partial charge in [0.1, 0.15) is 0 Å². The quantitative estimate of drug-likeness (QED) is 0.402. The molecule has 0 saturated carbocycles. The van der Waals surface area contributed by atoms with Gasteiger partial charge in [-0.2, -0.15) is 4.68 Å². The number of tetrazole rings is 1. The van der Waals surface area contributed by atoms with Gasteiger partial charge in [-0.1, -0.05) is 72.4 Å². The molecule has 0 aliphatic rings. The smallest absolute Gasteiger partial charge is 0.214 e. The van der Waals surface area contributed by atoms with Crippen molar-refractivity contribution < 1.29 is 0 Å². The first-order valence-electron chi connectivity index (χ1n) is 8.56. The second kappa shape index (κ2) is 8.12. The summed E-state index contributed by atoms with van der Waals surface area (Å²) in [6, 6.07) is 24.9. The Labute approximate surface area is 156 Å². The molecule has 1 heterocycles. The SMILES string of the molecule is c1ccc(-n2nnnc2SCCNCc2cccc3ccccc23)cc1. The predicted octanol–water partition coefficient (Wildman–Crippen LogP) is 3.70. The van der Waals surface area contributed by atoms with E-state index in [-0.39, 0.29) is 0 Å². The molecule has 3 aromatic carbocycles. The van der Waals surface area contributed by atoms with Crippen LogP contribution in [0.4, 0.5) is 0 Å². The summed E-state index contributed by atoms with van der Waals surface area (Å²) in [6.07, 6.45) is 0. The number of rotatable bonds is 7. The van der Waals surface area contributed by atoms with Crippen LogP contribution in [0.3, 0.4) is 0 Å². The van der Waals surface area contributed by atoms with Crippen molar-refractivity contribution in [2.24, 2.45) is 0 Å². The van der Waals surface area contributed by atoms with Crippen LogP contribution in [0.1, 0.15) is 5.56 Å². The minimum atomic E-state index is 0.808. The van der Waals surface area contributed by atoms with Crippen LogP contribution in [0.15, 0.2) is 78.0 Å². The molecule has 26 heavy (non-hydrogen) atoms. The van der Waals surface area contributed by atoms with E-state index in [1.807, 2.05) is 30.3 Å². The Bertz CT molecular complexity index is 978. The summed E-state index contributed by atoms with van der Waals surface area (Å²) in [5, 5.41) is 18.9. The molecule has 0 spiro atoms. The first-order valence-corrected chi connectivity index (χ1v) is 9.54. The molecular formula is C20H19N5S. The van der Waals surface area contributed by atoms with Crippen LogP contribution < -0.4 is 5.32 Å². The Hall–Kier alpha value is -2.70. The number of benzene rings is 3. The lowest BCUT2D eigenvalue weighted by atomic mass is 10.0. The van der Waals surface area contributed by atoms with Crippen molar-refractivity contribution in [3.63, 3.8) is 0 Å². The molecule has 0 unspecified atom stereocenters. The second-order valence-electron chi connectivity index (χ2n) is 5.87. The maximum Gasteiger partial charge on any atom is 0.214 e. The number of nitrogens with one attached hydrogen (secondary N) is 1. The summed E-state index contributed by atoms with van der Waals surface area (Å²) >= 11 is 1.65. The summed E-state index contributed by atoms with van der Waals surface area (Å²) in [5.74, 6) is 0.901. The molecule has 0 aliphatic carbocycles. The molecule has 0 radical (unpaired) electrons. The highest BCUT2D eigenvalue weighted by Gasteiger charge is 2.08. The van der Waals surface area contributed by atoms with E-state index in [0.717, 1.165) is 29.7 Å². The zero-order chi connectivity index (χ0) is 17.6. The van der Waals surface area contributed by atoms with Gasteiger partial charge >= 0.3 is 0 Å². The molecule has 0 atom stereocenters. The lowest BCUT2D eigenvalue weighted by molar-refractivity contribution is 0.731. The highest BCUT2D eigenvalue weighted by Crippen LogP contribution is 2.19. The van der Waals surface area contributed by atoms with Gasteiger partial charge in [0.2, 0.25) is 5.16 Å². The molecule has 130 valence electrons. The highest BCUT2D eigenvalue weighted by atomic mass is 32.2. The third kappa shape index (κ3) is 3.76. The van der Waals surface area contributed by atoms with E-state index in [4.69, 9.17) is 0 Å². The van der Waals surface area contributed by atoms with E-state index >= 15 is 0 Å². The molecule has 4 aromatic rings. The number of aromatic nitrogens is 4. The van der Waals surface area contributed by atoms with Crippen molar-refractivity contribution in [2.75, 3.05) is 12.3 Å². The number of thioether (sulfide) groups is 1. The number of para-hydroxylation sites is 1. The molecule has 0 aliphatic heterocycles. The molecular weight excluding hydrogens is 342 g/mol. The van der Waals surface area contributed by atoms with Gasteiger partial charge in [-0.15, -0.1) is 5.10 Å². The largest absolute Gasteiger partial charge is 0.312 e. The van der Waals surface area contributed by atoms with Gasteiger partial charge in [-0.05, 0) is 38.9 Å². The Balaban J connectivity index is 1.32. The van der Waals surface area contributed by atoms with Gasteiger partial charge < -0.3 is 5.32 Å². The fourth-order valence-electron chi connectivity index (χ4n) is 2.88. The van der Waals surface area contributed by atoms with Gasteiger partial charge in [0.05, 0.1) is 5.69 Å². The first kappa shape index (κ1) is 16.8. The van der Waals surface area contributed by atoms with Crippen LogP contribution >= 0.6 is 11.8 Å².